The van der Waals surface area contributed by atoms with Crippen LogP contribution in [-0.2, 0) is 10.2 Å². The summed E-state index contributed by atoms with van der Waals surface area (Å²) in [5.74, 6) is -2.32. The molecule has 0 bridgehead atoms. The monoisotopic (exact) mass is 547 g/mol. The lowest BCUT2D eigenvalue weighted by Gasteiger charge is -2.38. The molecule has 4 aromatic rings. The molecule has 0 aliphatic carbocycles. The molecule has 3 aromatic carbocycles. The zero-order chi connectivity index (χ0) is 27.6. The zero-order valence-corrected chi connectivity index (χ0v) is 21.7. The predicted molar refractivity (Wildman–Crippen MR) is 150 cm³/mol. The molecule has 4 atom stereocenters. The van der Waals surface area contributed by atoms with Gasteiger partial charge in [-0.2, -0.15) is 0 Å². The lowest BCUT2D eigenvalue weighted by atomic mass is 9.62. The Morgan fingerprint density at radius 2 is 1.75 bits per heavy atom. The Morgan fingerprint density at radius 1 is 0.950 bits per heavy atom. The average Bonchev–Trinajstić information content (AvgIpc) is 3.69. The number of hydrogen-bond acceptors (Lipinski definition) is 7. The van der Waals surface area contributed by atoms with Gasteiger partial charge in [0.25, 0.3) is 5.69 Å². The second kappa shape index (κ2) is 8.82. The Hall–Kier alpha value is -4.89. The van der Waals surface area contributed by atoms with Crippen molar-refractivity contribution in [1.82, 2.24) is 4.90 Å². The molecule has 3 aliphatic rings. The van der Waals surface area contributed by atoms with Crippen molar-refractivity contribution in [3.05, 3.63) is 134 Å². The third-order valence-corrected chi connectivity index (χ3v) is 9.11. The minimum Gasteiger partial charge on any atom is -0.358 e. The lowest BCUT2D eigenvalue weighted by Crippen LogP contribution is -2.49. The number of rotatable bonds is 5. The Bertz CT molecular complexity index is 1760. The van der Waals surface area contributed by atoms with Crippen LogP contribution in [-0.4, -0.2) is 33.3 Å². The zero-order valence-electron chi connectivity index (χ0n) is 20.9. The first-order chi connectivity index (χ1) is 19.4. The summed E-state index contributed by atoms with van der Waals surface area (Å²) < 4.78 is 0. The van der Waals surface area contributed by atoms with Gasteiger partial charge in [-0.05, 0) is 40.3 Å². The number of Topliss-reactive ketones (excluding diaryl/α,β-unsaturated/α-hetero) is 2. The van der Waals surface area contributed by atoms with E-state index in [0.29, 0.717) is 16.1 Å². The van der Waals surface area contributed by atoms with E-state index in [-0.39, 0.29) is 22.9 Å². The van der Waals surface area contributed by atoms with Gasteiger partial charge in [-0.25, -0.2) is 0 Å². The molecule has 1 aromatic heterocycles. The molecule has 1 spiro atoms. The number of nitro groups is 1. The summed E-state index contributed by atoms with van der Waals surface area (Å²) in [6, 6.07) is 22.2. The average molecular weight is 548 g/mol. The highest BCUT2D eigenvalue weighted by Crippen LogP contribution is 2.62. The summed E-state index contributed by atoms with van der Waals surface area (Å²) in [6.45, 7) is 0. The molecule has 7 rings (SSSR count). The van der Waals surface area contributed by atoms with Crippen molar-refractivity contribution < 1.29 is 19.3 Å². The number of carbonyl (C=O) groups is 3. The van der Waals surface area contributed by atoms with Gasteiger partial charge in [-0.15, -0.1) is 11.3 Å². The summed E-state index contributed by atoms with van der Waals surface area (Å²) in [6.07, 6.45) is 3.70. The van der Waals surface area contributed by atoms with Crippen molar-refractivity contribution in [1.29, 1.82) is 0 Å². The van der Waals surface area contributed by atoms with Crippen LogP contribution in [0.15, 0.2) is 96.5 Å². The number of nitrogens with one attached hydrogen (secondary N) is 1. The first-order valence-corrected chi connectivity index (χ1v) is 13.6. The summed E-state index contributed by atoms with van der Waals surface area (Å²) in [7, 11) is 0. The molecule has 8 nitrogen and oxygen atoms in total. The Labute approximate surface area is 232 Å². The second-order valence-electron chi connectivity index (χ2n) is 10.1. The molecule has 3 aliphatic heterocycles. The summed E-state index contributed by atoms with van der Waals surface area (Å²) in [5, 5.41) is 16.4. The molecule has 0 saturated carbocycles. The standard InChI is InChI=1S/C31H21N3O5S/c35-27(19-8-5-9-20(17-19)34(38)39)25-26(28(36)24-13-6-16-40-24)33-15-14-18-7-1-2-10-21(18)29(33)31(25)22-11-3-4-12-23(22)32-30(31)37/h1-17,25-26,29H,(H,32,37)/t25-,26+,29-,31-/m1/s1. The van der Waals surface area contributed by atoms with E-state index in [1.54, 1.807) is 29.8 Å². The molecule has 0 radical (unpaired) electrons. The highest BCUT2D eigenvalue weighted by Gasteiger charge is 2.70. The van der Waals surface area contributed by atoms with Gasteiger partial charge in [0.15, 0.2) is 11.6 Å². The van der Waals surface area contributed by atoms with Gasteiger partial charge >= 0.3 is 0 Å². The van der Waals surface area contributed by atoms with Crippen LogP contribution in [0.2, 0.25) is 0 Å². The number of ketones is 2. The molecular weight excluding hydrogens is 526 g/mol. The van der Waals surface area contributed by atoms with E-state index in [4.69, 9.17) is 0 Å². The molecule has 4 heterocycles. The third kappa shape index (κ3) is 3.21. The molecule has 40 heavy (non-hydrogen) atoms. The number of nitro benzene ring substituents is 1. The molecule has 1 fully saturated rings. The van der Waals surface area contributed by atoms with Gasteiger partial charge in [0.2, 0.25) is 5.91 Å². The fraction of sp³-hybridized carbons (Fsp3) is 0.129. The topological polar surface area (TPSA) is 110 Å². The number of non-ortho nitro benzene ring substituents is 1. The number of para-hydroxylation sites is 1. The van der Waals surface area contributed by atoms with E-state index in [1.165, 1.54) is 35.6 Å². The first kappa shape index (κ1) is 24.2. The van der Waals surface area contributed by atoms with Crippen molar-refractivity contribution >= 4 is 46.3 Å². The Balaban J connectivity index is 1.54. The SMILES string of the molecule is O=C(c1cccs1)[C@@H]1[C@H](C(=O)c2cccc([N+](=O)[O-])c2)[C@@]2(C(=O)Nc3ccccc32)[C@H]2c3ccccc3C=CN12. The molecule has 1 saturated heterocycles. The van der Waals surface area contributed by atoms with E-state index >= 15 is 0 Å². The normalized spacial score (nSPS) is 23.9. The number of carbonyl (C=O) groups excluding carboxylic acids is 3. The maximum Gasteiger partial charge on any atom is 0.270 e. The molecule has 196 valence electrons. The number of amides is 1. The van der Waals surface area contributed by atoms with Gasteiger partial charge in [0.1, 0.15) is 11.5 Å². The third-order valence-electron chi connectivity index (χ3n) is 8.23. The predicted octanol–water partition coefficient (Wildman–Crippen LogP) is 5.64. The minimum absolute atomic E-state index is 0.0804. The quantitative estimate of drug-likeness (QED) is 0.197. The summed E-state index contributed by atoms with van der Waals surface area (Å²) in [4.78, 5) is 56.7. The minimum atomic E-state index is -1.48. The van der Waals surface area contributed by atoms with Crippen molar-refractivity contribution in [3.63, 3.8) is 0 Å². The van der Waals surface area contributed by atoms with Gasteiger partial charge in [0, 0.05) is 29.6 Å². The Morgan fingerprint density at radius 3 is 2.55 bits per heavy atom. The number of hydrogen-bond donors (Lipinski definition) is 1. The van der Waals surface area contributed by atoms with Crippen LogP contribution in [0, 0.1) is 16.0 Å². The number of thiophene rings is 1. The van der Waals surface area contributed by atoms with Crippen LogP contribution < -0.4 is 5.32 Å². The first-order valence-electron chi connectivity index (χ1n) is 12.7. The molecule has 1 amide bonds. The molecule has 0 unspecified atom stereocenters. The van der Waals surface area contributed by atoms with Gasteiger partial charge in [-0.3, -0.25) is 24.5 Å². The number of nitrogens with zero attached hydrogens (tertiary/aromatic N) is 2. The van der Waals surface area contributed by atoms with E-state index < -0.39 is 34.1 Å². The highest BCUT2D eigenvalue weighted by atomic mass is 32.1. The molecule has 9 heteroatoms. The fourth-order valence-electron chi connectivity index (χ4n) is 6.68. The van der Waals surface area contributed by atoms with E-state index in [2.05, 4.69) is 5.32 Å². The van der Waals surface area contributed by atoms with Gasteiger partial charge in [-0.1, -0.05) is 60.7 Å². The summed E-state index contributed by atoms with van der Waals surface area (Å²) in [5.41, 5.74) is 1.30. The van der Waals surface area contributed by atoms with Crippen LogP contribution in [0.3, 0.4) is 0 Å². The van der Waals surface area contributed by atoms with Crippen molar-refractivity contribution in [2.45, 2.75) is 17.5 Å². The number of anilines is 1. The van der Waals surface area contributed by atoms with Crippen LogP contribution >= 0.6 is 11.3 Å². The maximum atomic E-state index is 14.7. The largest absolute Gasteiger partial charge is 0.358 e. The van der Waals surface area contributed by atoms with E-state index in [0.717, 1.165) is 11.1 Å². The van der Waals surface area contributed by atoms with Crippen molar-refractivity contribution in [2.24, 2.45) is 5.92 Å². The van der Waals surface area contributed by atoms with E-state index in [1.807, 2.05) is 53.4 Å². The van der Waals surface area contributed by atoms with Crippen LogP contribution in [0.5, 0.6) is 0 Å². The summed E-state index contributed by atoms with van der Waals surface area (Å²) >= 11 is 1.27. The van der Waals surface area contributed by atoms with Crippen molar-refractivity contribution in [3.8, 4) is 0 Å². The molecular formula is C31H21N3O5S. The molecule has 1 N–H and O–H groups in total. The van der Waals surface area contributed by atoms with Gasteiger partial charge in [0.05, 0.1) is 21.8 Å². The van der Waals surface area contributed by atoms with Crippen LogP contribution in [0.25, 0.3) is 6.08 Å². The van der Waals surface area contributed by atoms with E-state index in [9.17, 15) is 24.5 Å². The van der Waals surface area contributed by atoms with Crippen LogP contribution in [0.1, 0.15) is 42.8 Å². The van der Waals surface area contributed by atoms with Crippen LogP contribution in [0.4, 0.5) is 11.4 Å². The Kier molecular flexibility index (Phi) is 5.33. The second-order valence-corrected chi connectivity index (χ2v) is 11.0. The van der Waals surface area contributed by atoms with Gasteiger partial charge < -0.3 is 10.2 Å². The number of benzene rings is 3. The smallest absolute Gasteiger partial charge is 0.270 e. The fourth-order valence-corrected chi connectivity index (χ4v) is 7.38. The highest BCUT2D eigenvalue weighted by molar-refractivity contribution is 7.12. The lowest BCUT2D eigenvalue weighted by molar-refractivity contribution is -0.384. The maximum absolute atomic E-state index is 14.7. The van der Waals surface area contributed by atoms with Crippen molar-refractivity contribution in [2.75, 3.05) is 5.32 Å². The number of fused-ring (bicyclic) bond motifs is 6.